The molecule has 0 radical (unpaired) electrons. The van der Waals surface area contributed by atoms with E-state index in [0.717, 1.165) is 60.4 Å². The van der Waals surface area contributed by atoms with Gasteiger partial charge in [0, 0.05) is 36.6 Å². The van der Waals surface area contributed by atoms with Gasteiger partial charge in [0.1, 0.15) is 10.7 Å². The summed E-state index contributed by atoms with van der Waals surface area (Å²) in [6, 6.07) is 7.93. The van der Waals surface area contributed by atoms with Gasteiger partial charge in [0.2, 0.25) is 0 Å². The first kappa shape index (κ1) is 22.3. The predicted molar refractivity (Wildman–Crippen MR) is 133 cm³/mol. The highest BCUT2D eigenvalue weighted by Crippen LogP contribution is 2.36. The van der Waals surface area contributed by atoms with Crippen molar-refractivity contribution in [2.45, 2.75) is 52.5 Å². The van der Waals surface area contributed by atoms with Crippen molar-refractivity contribution in [1.82, 2.24) is 19.8 Å². The smallest absolute Gasteiger partial charge is 0.259 e. The van der Waals surface area contributed by atoms with Crippen molar-refractivity contribution in [3.05, 3.63) is 62.0 Å². The Morgan fingerprint density at radius 2 is 1.94 bits per heavy atom. The van der Waals surface area contributed by atoms with E-state index in [1.165, 1.54) is 16.0 Å². The van der Waals surface area contributed by atoms with Gasteiger partial charge in [-0.2, -0.15) is 0 Å². The number of amides is 1. The SMILES string of the molecule is CCc1ccc(C(=O)N2CCN(C(C)c3nc4sc5c(c4c(=O)[nH]3)CCC(C)C5)CC2)cc1. The van der Waals surface area contributed by atoms with Gasteiger partial charge in [0.15, 0.2) is 0 Å². The number of nitrogens with zero attached hydrogens (tertiary/aromatic N) is 3. The largest absolute Gasteiger partial charge is 0.336 e. The Morgan fingerprint density at radius 1 is 1.21 bits per heavy atom. The number of thiophene rings is 1. The van der Waals surface area contributed by atoms with Crippen LogP contribution in [0.1, 0.15) is 65.4 Å². The molecule has 33 heavy (non-hydrogen) atoms. The van der Waals surface area contributed by atoms with Crippen LogP contribution in [0.3, 0.4) is 0 Å². The number of hydrogen-bond donors (Lipinski definition) is 1. The number of carbonyl (C=O) groups excluding carboxylic acids is 1. The minimum Gasteiger partial charge on any atom is -0.336 e. The lowest BCUT2D eigenvalue weighted by atomic mass is 9.89. The van der Waals surface area contributed by atoms with Crippen molar-refractivity contribution >= 4 is 27.5 Å². The van der Waals surface area contributed by atoms with Gasteiger partial charge in [-0.15, -0.1) is 11.3 Å². The van der Waals surface area contributed by atoms with Crippen LogP contribution in [-0.2, 0) is 19.3 Å². The van der Waals surface area contributed by atoms with Crippen LogP contribution >= 0.6 is 11.3 Å². The topological polar surface area (TPSA) is 69.3 Å². The summed E-state index contributed by atoms with van der Waals surface area (Å²) in [4.78, 5) is 40.3. The van der Waals surface area contributed by atoms with Gasteiger partial charge in [-0.05, 0) is 61.8 Å². The fraction of sp³-hybridized carbons (Fsp3) is 0.500. The van der Waals surface area contributed by atoms with Gasteiger partial charge >= 0.3 is 0 Å². The van der Waals surface area contributed by atoms with Crippen LogP contribution in [-0.4, -0.2) is 51.9 Å². The summed E-state index contributed by atoms with van der Waals surface area (Å²) in [5.41, 5.74) is 3.21. The van der Waals surface area contributed by atoms with E-state index in [1.54, 1.807) is 11.3 Å². The number of carbonyl (C=O) groups is 1. The predicted octanol–water partition coefficient (Wildman–Crippen LogP) is 4.19. The summed E-state index contributed by atoms with van der Waals surface area (Å²) in [6.07, 6.45) is 4.15. The lowest BCUT2D eigenvalue weighted by Crippen LogP contribution is -2.49. The van der Waals surface area contributed by atoms with Crippen molar-refractivity contribution in [1.29, 1.82) is 0 Å². The lowest BCUT2D eigenvalue weighted by molar-refractivity contribution is 0.0575. The second kappa shape index (κ2) is 9.03. The highest BCUT2D eigenvalue weighted by Gasteiger charge is 2.28. The molecule has 7 heteroatoms. The van der Waals surface area contributed by atoms with E-state index in [1.807, 2.05) is 29.2 Å². The molecule has 1 aliphatic heterocycles. The Hall–Kier alpha value is -2.51. The van der Waals surface area contributed by atoms with Crippen molar-refractivity contribution in [2.75, 3.05) is 26.2 Å². The first-order chi connectivity index (χ1) is 15.9. The lowest BCUT2D eigenvalue weighted by Gasteiger charge is -2.37. The van der Waals surface area contributed by atoms with E-state index in [4.69, 9.17) is 4.98 Å². The average Bonchev–Trinajstić information content (AvgIpc) is 3.21. The monoisotopic (exact) mass is 464 g/mol. The molecule has 1 saturated heterocycles. The Labute approximate surface area is 198 Å². The molecule has 1 N–H and O–H groups in total. The number of benzene rings is 1. The fourth-order valence-corrected chi connectivity index (χ4v) is 6.50. The molecule has 6 nitrogen and oxygen atoms in total. The van der Waals surface area contributed by atoms with Gasteiger partial charge in [-0.1, -0.05) is 26.0 Å². The van der Waals surface area contributed by atoms with Gasteiger partial charge in [0.05, 0.1) is 11.4 Å². The maximum atomic E-state index is 13.0. The van der Waals surface area contributed by atoms with Crippen LogP contribution < -0.4 is 5.56 Å². The molecule has 2 atom stereocenters. The third-order valence-corrected chi connectivity index (χ3v) is 8.49. The van der Waals surface area contributed by atoms with Gasteiger partial charge in [-0.3, -0.25) is 14.5 Å². The van der Waals surface area contributed by atoms with E-state index in [0.29, 0.717) is 19.0 Å². The summed E-state index contributed by atoms with van der Waals surface area (Å²) in [7, 11) is 0. The zero-order valence-electron chi connectivity index (χ0n) is 19.7. The Balaban J connectivity index is 1.29. The first-order valence-electron chi connectivity index (χ1n) is 12.1. The molecule has 0 saturated carbocycles. The second-order valence-corrected chi connectivity index (χ2v) is 10.6. The van der Waals surface area contributed by atoms with E-state index < -0.39 is 0 Å². The van der Waals surface area contributed by atoms with Crippen molar-refractivity contribution < 1.29 is 4.79 Å². The van der Waals surface area contributed by atoms with Gasteiger partial charge in [0.25, 0.3) is 11.5 Å². The molecule has 2 aliphatic rings. The van der Waals surface area contributed by atoms with Crippen LogP contribution in [0.2, 0.25) is 0 Å². The summed E-state index contributed by atoms with van der Waals surface area (Å²) in [5, 5.41) is 0.808. The molecular formula is C26H32N4O2S. The number of fused-ring (bicyclic) bond motifs is 3. The van der Waals surface area contributed by atoms with Crippen LogP contribution in [0.15, 0.2) is 29.1 Å². The van der Waals surface area contributed by atoms with Crippen molar-refractivity contribution in [2.24, 2.45) is 5.92 Å². The molecule has 3 aromatic rings. The standard InChI is InChI=1S/C26H32N4O2S/c1-4-18-6-8-19(9-7-18)26(32)30-13-11-29(12-14-30)17(3)23-27-24(31)22-20-10-5-16(2)15-21(20)33-25(22)28-23/h6-9,16-17H,4-5,10-15H2,1-3H3,(H,27,28,31). The molecule has 5 rings (SSSR count). The Bertz CT molecular complexity index is 1220. The summed E-state index contributed by atoms with van der Waals surface area (Å²) in [6.45, 7) is 9.38. The van der Waals surface area contributed by atoms with Gasteiger partial charge < -0.3 is 9.88 Å². The van der Waals surface area contributed by atoms with Crippen molar-refractivity contribution in [3.63, 3.8) is 0 Å². The minimum absolute atomic E-state index is 0.00115. The second-order valence-electron chi connectivity index (χ2n) is 9.54. The molecule has 1 fully saturated rings. The zero-order chi connectivity index (χ0) is 23.1. The third-order valence-electron chi connectivity index (χ3n) is 7.34. The van der Waals surface area contributed by atoms with E-state index in [9.17, 15) is 9.59 Å². The molecule has 1 aliphatic carbocycles. The van der Waals surface area contributed by atoms with Crippen LogP contribution in [0.5, 0.6) is 0 Å². The number of rotatable bonds is 4. The first-order valence-corrected chi connectivity index (χ1v) is 12.9. The highest BCUT2D eigenvalue weighted by molar-refractivity contribution is 7.18. The molecule has 174 valence electrons. The van der Waals surface area contributed by atoms with Gasteiger partial charge in [-0.25, -0.2) is 4.98 Å². The minimum atomic E-state index is -0.00163. The van der Waals surface area contributed by atoms with E-state index >= 15 is 0 Å². The van der Waals surface area contributed by atoms with Crippen LogP contribution in [0.4, 0.5) is 0 Å². The number of H-pyrrole nitrogens is 1. The summed E-state index contributed by atoms with van der Waals surface area (Å²) >= 11 is 1.70. The number of hydrogen-bond acceptors (Lipinski definition) is 5. The van der Waals surface area contributed by atoms with Crippen molar-refractivity contribution in [3.8, 4) is 0 Å². The Morgan fingerprint density at radius 3 is 2.64 bits per heavy atom. The number of piperazine rings is 1. The van der Waals surface area contributed by atoms with E-state index in [2.05, 4.69) is 30.7 Å². The number of aryl methyl sites for hydroxylation is 2. The maximum Gasteiger partial charge on any atom is 0.259 e. The summed E-state index contributed by atoms with van der Waals surface area (Å²) in [5.74, 6) is 1.50. The molecule has 3 heterocycles. The average molecular weight is 465 g/mol. The third kappa shape index (κ3) is 4.24. The number of aromatic nitrogens is 2. The fourth-order valence-electron chi connectivity index (χ4n) is 5.11. The zero-order valence-corrected chi connectivity index (χ0v) is 20.5. The molecule has 2 aromatic heterocycles. The molecule has 1 amide bonds. The van der Waals surface area contributed by atoms with Crippen LogP contribution in [0, 0.1) is 5.92 Å². The number of aromatic amines is 1. The quantitative estimate of drug-likeness (QED) is 0.629. The molecule has 0 bridgehead atoms. The molecule has 2 unspecified atom stereocenters. The molecular weight excluding hydrogens is 432 g/mol. The van der Waals surface area contributed by atoms with E-state index in [-0.39, 0.29) is 17.5 Å². The highest BCUT2D eigenvalue weighted by atomic mass is 32.1. The normalized spacial score (nSPS) is 20.1. The molecule has 1 aromatic carbocycles. The maximum absolute atomic E-state index is 13.0. The molecule has 0 spiro atoms. The number of nitrogens with one attached hydrogen (secondary N) is 1. The van der Waals surface area contributed by atoms with Crippen LogP contribution in [0.25, 0.3) is 10.2 Å². The Kier molecular flexibility index (Phi) is 6.10. The summed E-state index contributed by atoms with van der Waals surface area (Å²) < 4.78 is 0.